The number of carbonyl (C=O) groups excluding carboxylic acids is 1. The fourth-order valence-electron chi connectivity index (χ4n) is 4.82. The number of benzene rings is 3. The number of ether oxygens (including phenoxy) is 1. The molecule has 0 saturated carbocycles. The smallest absolute Gasteiger partial charge is 0.270 e. The summed E-state index contributed by atoms with van der Waals surface area (Å²) in [4.78, 5) is 32.8. The van der Waals surface area contributed by atoms with Crippen LogP contribution >= 0.6 is 22.9 Å². The maximum absolute atomic E-state index is 13.7. The molecule has 2 aliphatic heterocycles. The van der Waals surface area contributed by atoms with Gasteiger partial charge in [0.05, 0.1) is 10.6 Å². The molecule has 1 N–H and O–H groups in total. The van der Waals surface area contributed by atoms with E-state index in [1.807, 2.05) is 72.8 Å². The summed E-state index contributed by atoms with van der Waals surface area (Å²) in [6, 6.07) is 23.5. The van der Waals surface area contributed by atoms with Crippen LogP contribution in [0.5, 0.6) is 5.75 Å². The number of halogens is 1. The van der Waals surface area contributed by atoms with Gasteiger partial charge < -0.3 is 10.1 Å². The van der Waals surface area contributed by atoms with E-state index in [9.17, 15) is 9.59 Å². The molecule has 0 aliphatic carbocycles. The summed E-state index contributed by atoms with van der Waals surface area (Å²) in [6.07, 6.45) is 1.77. The lowest BCUT2D eigenvalue weighted by Crippen LogP contribution is -2.59. The van der Waals surface area contributed by atoms with Crippen LogP contribution in [0.15, 0.2) is 88.6 Å². The molecule has 3 aromatic carbocycles. The van der Waals surface area contributed by atoms with Crippen LogP contribution in [0.3, 0.4) is 0 Å². The first-order valence-corrected chi connectivity index (χ1v) is 12.4. The molecule has 0 saturated heterocycles. The standard InChI is InChI=1S/C27H20ClN3O3S/c1-27-22(24(32)29-17-10-3-2-4-11-17)23(18-12-6-8-14-20(18)34-27)31-25(33)21(35-26(31)30-27)15-16-9-5-7-13-19(16)28/h2-15,22-23H,1H3,(H,29,32)/t22?,23?,27-/m1/s1. The van der Waals surface area contributed by atoms with Gasteiger partial charge in [-0.25, -0.2) is 4.99 Å². The first kappa shape index (κ1) is 21.8. The van der Waals surface area contributed by atoms with Crippen molar-refractivity contribution in [3.63, 3.8) is 0 Å². The third kappa shape index (κ3) is 3.59. The topological polar surface area (TPSA) is 72.7 Å². The molecule has 8 heteroatoms. The molecule has 3 atom stereocenters. The fourth-order valence-corrected chi connectivity index (χ4v) is 6.10. The maximum Gasteiger partial charge on any atom is 0.270 e. The van der Waals surface area contributed by atoms with Gasteiger partial charge in [-0.15, -0.1) is 0 Å². The van der Waals surface area contributed by atoms with Crippen molar-refractivity contribution in [2.45, 2.75) is 18.7 Å². The lowest BCUT2D eigenvalue weighted by Gasteiger charge is -2.45. The Kier molecular flexibility index (Phi) is 5.12. The van der Waals surface area contributed by atoms with Crippen LogP contribution < -0.4 is 24.9 Å². The second-order valence-electron chi connectivity index (χ2n) is 8.67. The Bertz CT molecular complexity index is 1650. The minimum absolute atomic E-state index is 0.213. The largest absolute Gasteiger partial charge is 0.465 e. The van der Waals surface area contributed by atoms with Crippen LogP contribution in [-0.4, -0.2) is 16.2 Å². The summed E-state index contributed by atoms with van der Waals surface area (Å²) in [5.74, 6) is -0.402. The summed E-state index contributed by atoms with van der Waals surface area (Å²) in [6.45, 7) is 1.80. The first-order valence-electron chi connectivity index (χ1n) is 11.2. The number of anilines is 1. The Morgan fingerprint density at radius 3 is 2.60 bits per heavy atom. The first-order chi connectivity index (χ1) is 16.9. The second kappa shape index (κ2) is 8.22. The van der Waals surface area contributed by atoms with E-state index in [4.69, 9.17) is 21.3 Å². The number of hydrogen-bond acceptors (Lipinski definition) is 5. The molecule has 6 nitrogen and oxygen atoms in total. The van der Waals surface area contributed by atoms with E-state index < -0.39 is 17.7 Å². The van der Waals surface area contributed by atoms with Gasteiger partial charge in [-0.1, -0.05) is 77.5 Å². The van der Waals surface area contributed by atoms with Crippen LogP contribution in [0.2, 0.25) is 5.02 Å². The van der Waals surface area contributed by atoms with Crippen molar-refractivity contribution in [1.82, 2.24) is 4.57 Å². The van der Waals surface area contributed by atoms with Gasteiger partial charge in [-0.3, -0.25) is 14.2 Å². The normalized spacial score (nSPS) is 22.4. The quantitative estimate of drug-likeness (QED) is 0.461. The van der Waals surface area contributed by atoms with Crippen molar-refractivity contribution in [2.24, 2.45) is 10.9 Å². The molecular weight excluding hydrogens is 482 g/mol. The summed E-state index contributed by atoms with van der Waals surface area (Å²) in [7, 11) is 0. The number of fused-ring (bicyclic) bond motifs is 6. The molecule has 1 aromatic heterocycles. The van der Waals surface area contributed by atoms with Gasteiger partial charge in [-0.2, -0.15) is 0 Å². The molecule has 2 bridgehead atoms. The Morgan fingerprint density at radius 1 is 1.09 bits per heavy atom. The third-order valence-electron chi connectivity index (χ3n) is 6.40. The van der Waals surface area contributed by atoms with Crippen molar-refractivity contribution < 1.29 is 9.53 Å². The summed E-state index contributed by atoms with van der Waals surface area (Å²) >= 11 is 7.61. The molecule has 1 amide bonds. The fraction of sp³-hybridized carbons (Fsp3) is 0.148. The molecule has 2 unspecified atom stereocenters. The minimum atomic E-state index is -1.18. The van der Waals surface area contributed by atoms with E-state index >= 15 is 0 Å². The molecular formula is C27H20ClN3O3S. The molecule has 0 radical (unpaired) electrons. The lowest BCUT2D eigenvalue weighted by molar-refractivity contribution is -0.131. The summed E-state index contributed by atoms with van der Waals surface area (Å²) in [5.41, 5.74) is 0.795. The number of nitrogens with zero attached hydrogens (tertiary/aromatic N) is 2. The van der Waals surface area contributed by atoms with Gasteiger partial charge in [0, 0.05) is 16.3 Å². The number of aromatic nitrogens is 1. The molecule has 2 aliphatic rings. The number of para-hydroxylation sites is 2. The Hall–Kier alpha value is -3.68. The van der Waals surface area contributed by atoms with E-state index in [2.05, 4.69) is 5.32 Å². The molecule has 4 aromatic rings. The molecule has 3 heterocycles. The minimum Gasteiger partial charge on any atom is -0.465 e. The number of rotatable bonds is 3. The number of carbonyl (C=O) groups is 1. The van der Waals surface area contributed by atoms with Gasteiger partial charge in [-0.05, 0) is 42.8 Å². The van der Waals surface area contributed by atoms with Crippen molar-refractivity contribution in [3.05, 3.63) is 115 Å². The van der Waals surface area contributed by atoms with E-state index in [0.717, 1.165) is 11.1 Å². The van der Waals surface area contributed by atoms with Gasteiger partial charge in [0.25, 0.3) is 5.56 Å². The van der Waals surface area contributed by atoms with Gasteiger partial charge in [0.15, 0.2) is 4.80 Å². The highest BCUT2D eigenvalue weighted by atomic mass is 35.5. The van der Waals surface area contributed by atoms with Crippen LogP contribution in [-0.2, 0) is 4.79 Å². The van der Waals surface area contributed by atoms with Crippen LogP contribution in [0.4, 0.5) is 5.69 Å². The molecule has 35 heavy (non-hydrogen) atoms. The second-order valence-corrected chi connectivity index (χ2v) is 10.1. The predicted molar refractivity (Wildman–Crippen MR) is 137 cm³/mol. The predicted octanol–water partition coefficient (Wildman–Crippen LogP) is 3.98. The maximum atomic E-state index is 13.7. The van der Waals surface area contributed by atoms with Crippen LogP contribution in [0.1, 0.15) is 24.1 Å². The van der Waals surface area contributed by atoms with Gasteiger partial charge in [0.1, 0.15) is 11.7 Å². The Balaban J connectivity index is 1.55. The van der Waals surface area contributed by atoms with Crippen molar-refractivity contribution >= 4 is 40.6 Å². The summed E-state index contributed by atoms with van der Waals surface area (Å²) < 4.78 is 8.46. The van der Waals surface area contributed by atoms with E-state index in [1.54, 1.807) is 23.6 Å². The zero-order valence-corrected chi connectivity index (χ0v) is 20.2. The molecule has 0 spiro atoms. The van der Waals surface area contributed by atoms with Crippen molar-refractivity contribution in [3.8, 4) is 5.75 Å². The number of nitrogens with one attached hydrogen (secondary N) is 1. The highest BCUT2D eigenvalue weighted by Crippen LogP contribution is 2.47. The monoisotopic (exact) mass is 501 g/mol. The van der Waals surface area contributed by atoms with Crippen LogP contribution in [0, 0.1) is 5.92 Å². The number of amides is 1. The van der Waals surface area contributed by atoms with Gasteiger partial charge in [0.2, 0.25) is 11.6 Å². The third-order valence-corrected chi connectivity index (χ3v) is 7.72. The SMILES string of the molecule is C[C@@]12N=c3sc(=Cc4ccccc4Cl)c(=O)n3C(c3ccccc3O1)C2C(=O)Nc1ccccc1. The average Bonchev–Trinajstić information content (AvgIpc) is 3.14. The zero-order valence-electron chi connectivity index (χ0n) is 18.6. The van der Waals surface area contributed by atoms with Crippen molar-refractivity contribution in [2.75, 3.05) is 5.32 Å². The number of hydrogen-bond donors (Lipinski definition) is 1. The summed E-state index contributed by atoms with van der Waals surface area (Å²) in [5, 5.41) is 3.54. The van der Waals surface area contributed by atoms with E-state index in [0.29, 0.717) is 25.8 Å². The average molecular weight is 502 g/mol. The zero-order chi connectivity index (χ0) is 24.2. The van der Waals surface area contributed by atoms with Crippen molar-refractivity contribution in [1.29, 1.82) is 0 Å². The van der Waals surface area contributed by atoms with E-state index in [-0.39, 0.29) is 11.5 Å². The molecule has 174 valence electrons. The Morgan fingerprint density at radius 2 is 1.80 bits per heavy atom. The Labute approximate surface area is 209 Å². The van der Waals surface area contributed by atoms with Gasteiger partial charge >= 0.3 is 0 Å². The lowest BCUT2D eigenvalue weighted by atomic mass is 9.80. The van der Waals surface area contributed by atoms with Crippen LogP contribution in [0.25, 0.3) is 6.08 Å². The molecule has 6 rings (SSSR count). The highest BCUT2D eigenvalue weighted by Gasteiger charge is 2.55. The molecule has 0 fully saturated rings. The van der Waals surface area contributed by atoms with E-state index in [1.165, 1.54) is 11.3 Å². The highest BCUT2D eigenvalue weighted by molar-refractivity contribution is 7.07. The number of thiazole rings is 1.